The summed E-state index contributed by atoms with van der Waals surface area (Å²) in [5, 5.41) is 24.8. The van der Waals surface area contributed by atoms with Gasteiger partial charge in [-0.3, -0.25) is 9.59 Å². The maximum atomic E-state index is 11.8. The number of aliphatic hydroxyl groups excluding tert-OH is 1. The molecule has 0 aliphatic heterocycles. The Balaban J connectivity index is 0.000000742. The number of ether oxygens (including phenoxy) is 2. The largest absolute Gasteiger partial charge is 1.00 e. The summed E-state index contributed by atoms with van der Waals surface area (Å²) in [6.07, 6.45) is 0.618. The molecule has 0 heterocycles. The molecular weight excluding hydrogens is 543 g/mol. The van der Waals surface area contributed by atoms with E-state index in [1.807, 2.05) is 54.2 Å². The average molecular weight is 585 g/mol. The van der Waals surface area contributed by atoms with Crippen LogP contribution >= 0.6 is 11.8 Å². The molecule has 0 fully saturated rings. The minimum Gasteiger partial charge on any atom is -0.550 e. The second kappa shape index (κ2) is 23.8. The summed E-state index contributed by atoms with van der Waals surface area (Å²) in [6.45, 7) is 6.42. The first-order valence-corrected chi connectivity index (χ1v) is 14.2. The van der Waals surface area contributed by atoms with Gasteiger partial charge < -0.3 is 35.1 Å². The van der Waals surface area contributed by atoms with E-state index in [2.05, 4.69) is 17.6 Å². The molecule has 2 unspecified atom stereocenters. The van der Waals surface area contributed by atoms with Crippen LogP contribution in [0.15, 0.2) is 54.6 Å². The van der Waals surface area contributed by atoms with Crippen molar-refractivity contribution >= 4 is 29.5 Å². The number of aliphatic hydroxyl groups is 1. The van der Waals surface area contributed by atoms with Crippen molar-refractivity contribution in [2.45, 2.75) is 52.2 Å². The molecule has 9 nitrogen and oxygen atoms in total. The molecule has 2 aromatic carbocycles. The topological polar surface area (TPSA) is 137 Å². The Labute approximate surface area is 264 Å². The number of hydrogen-bond donors (Lipinski definition) is 3. The fourth-order valence-corrected chi connectivity index (χ4v) is 3.89. The zero-order chi connectivity index (χ0) is 28.9. The molecule has 216 valence electrons. The monoisotopic (exact) mass is 584 g/mol. The van der Waals surface area contributed by atoms with Gasteiger partial charge in [0.15, 0.2) is 0 Å². The molecule has 2 atom stereocenters. The van der Waals surface area contributed by atoms with Gasteiger partial charge in [-0.2, -0.15) is 11.8 Å². The Bertz CT molecular complexity index is 963. The molecule has 0 saturated carbocycles. The number of hydrogen-bond acceptors (Lipinski definition) is 8. The first-order valence-electron chi connectivity index (χ1n) is 13.0. The predicted octanol–water partition coefficient (Wildman–Crippen LogP) is -0.377. The van der Waals surface area contributed by atoms with Crippen LogP contribution in [0, 0.1) is 0 Å². The molecular formula is C29H41N2NaO7S. The van der Waals surface area contributed by atoms with Crippen molar-refractivity contribution in [3.05, 3.63) is 60.2 Å². The summed E-state index contributed by atoms with van der Waals surface area (Å²) < 4.78 is 10.6. The van der Waals surface area contributed by atoms with Crippen LogP contribution in [-0.4, -0.2) is 73.1 Å². The number of thioether (sulfide) groups is 1. The van der Waals surface area contributed by atoms with Crippen LogP contribution < -0.4 is 45.3 Å². The number of benzene rings is 2. The van der Waals surface area contributed by atoms with E-state index >= 15 is 0 Å². The van der Waals surface area contributed by atoms with Gasteiger partial charge in [-0.15, -0.1) is 0 Å². The number of aliphatic carboxylic acids is 1. The van der Waals surface area contributed by atoms with E-state index in [0.29, 0.717) is 12.2 Å². The fraction of sp³-hybridized carbons (Fsp3) is 0.483. The van der Waals surface area contributed by atoms with Crippen LogP contribution in [0.4, 0.5) is 0 Å². The molecule has 3 N–H and O–H groups in total. The minimum absolute atomic E-state index is 0. The summed E-state index contributed by atoms with van der Waals surface area (Å²) in [4.78, 5) is 33.1. The molecule has 40 heavy (non-hydrogen) atoms. The smallest absolute Gasteiger partial charge is 0.550 e. The normalized spacial score (nSPS) is 11.7. The average Bonchev–Trinajstić information content (AvgIpc) is 2.92. The number of amides is 2. The van der Waals surface area contributed by atoms with Crippen molar-refractivity contribution in [2.24, 2.45) is 0 Å². The quantitative estimate of drug-likeness (QED) is 0.130. The molecule has 0 saturated heterocycles. The predicted molar refractivity (Wildman–Crippen MR) is 152 cm³/mol. The van der Waals surface area contributed by atoms with Gasteiger partial charge in [-0.05, 0) is 61.0 Å². The number of carboxylic acids is 1. The van der Waals surface area contributed by atoms with Gasteiger partial charge in [0.2, 0.25) is 5.91 Å². The van der Waals surface area contributed by atoms with Gasteiger partial charge in [-0.25, -0.2) is 0 Å². The number of carbonyl (C=O) groups is 3. The molecule has 0 bridgehead atoms. The van der Waals surface area contributed by atoms with Crippen molar-refractivity contribution in [3.8, 4) is 11.1 Å². The maximum Gasteiger partial charge on any atom is 1.00 e. The van der Waals surface area contributed by atoms with Gasteiger partial charge in [0, 0.05) is 25.0 Å². The molecule has 0 aliphatic carbocycles. The molecule has 2 aromatic rings. The summed E-state index contributed by atoms with van der Waals surface area (Å²) in [6, 6.07) is 17.1. The molecule has 2 amide bonds. The zero-order valence-electron chi connectivity index (χ0n) is 24.0. The second-order valence-corrected chi connectivity index (χ2v) is 10.2. The third kappa shape index (κ3) is 19.2. The zero-order valence-corrected chi connectivity index (χ0v) is 26.8. The van der Waals surface area contributed by atoms with Crippen molar-refractivity contribution in [1.82, 2.24) is 10.6 Å². The van der Waals surface area contributed by atoms with E-state index in [1.165, 1.54) is 6.92 Å². The molecule has 0 aliphatic rings. The van der Waals surface area contributed by atoms with Gasteiger partial charge in [-0.1, -0.05) is 49.4 Å². The number of rotatable bonds is 17. The Hall–Kier alpha value is -1.92. The van der Waals surface area contributed by atoms with E-state index in [-0.39, 0.29) is 80.2 Å². The van der Waals surface area contributed by atoms with Crippen LogP contribution in [0.3, 0.4) is 0 Å². The van der Waals surface area contributed by atoms with Crippen molar-refractivity contribution < 1.29 is 63.6 Å². The van der Waals surface area contributed by atoms with Crippen molar-refractivity contribution in [2.75, 3.05) is 38.1 Å². The SMILES string of the molecule is CC(O)CNC(=O)c1ccc(-c2ccccc2)cc1.CCSCCCOCOCC(CCC(=O)[O-])NC(C)=O.[Na+]. The Kier molecular flexibility index (Phi) is 22.6. The van der Waals surface area contributed by atoms with Crippen LogP contribution in [0.1, 0.15) is 50.4 Å². The molecule has 0 radical (unpaired) electrons. The fourth-order valence-electron chi connectivity index (χ4n) is 3.28. The van der Waals surface area contributed by atoms with E-state index in [0.717, 1.165) is 29.1 Å². The van der Waals surface area contributed by atoms with Crippen LogP contribution in [0.25, 0.3) is 11.1 Å². The molecule has 11 heteroatoms. The van der Waals surface area contributed by atoms with Gasteiger partial charge in [0.05, 0.1) is 25.4 Å². The first-order chi connectivity index (χ1) is 18.7. The third-order valence-corrected chi connectivity index (χ3v) is 6.17. The third-order valence-electron chi connectivity index (χ3n) is 5.18. The summed E-state index contributed by atoms with van der Waals surface area (Å²) >= 11 is 1.86. The van der Waals surface area contributed by atoms with Gasteiger partial charge in [0.25, 0.3) is 5.91 Å². The molecule has 2 rings (SSSR count). The first kappa shape index (κ1) is 38.1. The number of carboxylic acid groups (broad SMARTS) is 1. The van der Waals surface area contributed by atoms with Crippen LogP contribution in [-0.2, 0) is 19.1 Å². The minimum atomic E-state index is -1.13. The van der Waals surface area contributed by atoms with Crippen molar-refractivity contribution in [3.63, 3.8) is 0 Å². The van der Waals surface area contributed by atoms with Gasteiger partial charge >= 0.3 is 29.6 Å². The van der Waals surface area contributed by atoms with E-state index < -0.39 is 12.1 Å². The summed E-state index contributed by atoms with van der Waals surface area (Å²) in [5.41, 5.74) is 2.80. The van der Waals surface area contributed by atoms with E-state index in [9.17, 15) is 19.5 Å². The van der Waals surface area contributed by atoms with Crippen LogP contribution in [0.5, 0.6) is 0 Å². The van der Waals surface area contributed by atoms with E-state index in [1.54, 1.807) is 19.1 Å². The Morgan fingerprint density at radius 1 is 1.02 bits per heavy atom. The second-order valence-electron chi connectivity index (χ2n) is 8.76. The Morgan fingerprint density at radius 2 is 1.68 bits per heavy atom. The van der Waals surface area contributed by atoms with E-state index in [4.69, 9.17) is 14.6 Å². The molecule has 0 spiro atoms. The summed E-state index contributed by atoms with van der Waals surface area (Å²) in [7, 11) is 0. The van der Waals surface area contributed by atoms with Crippen LogP contribution in [0.2, 0.25) is 0 Å². The maximum absolute atomic E-state index is 11.8. The van der Waals surface area contributed by atoms with Gasteiger partial charge in [0.1, 0.15) is 6.79 Å². The summed E-state index contributed by atoms with van der Waals surface area (Å²) in [5.74, 6) is 0.657. The number of carbonyl (C=O) groups excluding carboxylic acids is 3. The number of nitrogens with one attached hydrogen (secondary N) is 2. The van der Waals surface area contributed by atoms with Crippen molar-refractivity contribution in [1.29, 1.82) is 0 Å². The molecule has 0 aromatic heterocycles. The Morgan fingerprint density at radius 3 is 2.25 bits per heavy atom. The standard InChI is InChI=1S/C16H17NO2.C13H25NO5S.Na/c1-12(18)11-17-16(19)15-9-7-14(8-10-15)13-5-3-2-4-6-13;1-3-20-8-4-7-18-10-19-9-12(14-11(2)15)5-6-13(16)17;/h2-10,12,18H,11H2,1H3,(H,17,19);12H,3-10H2,1-2H3,(H,14,15)(H,16,17);/q;;+1/p-1.